The van der Waals surface area contributed by atoms with Gasteiger partial charge in [-0.25, -0.2) is 14.4 Å². The maximum Gasteiger partial charge on any atom is 0.132 e. The second-order valence-electron chi connectivity index (χ2n) is 4.73. The normalized spacial score (nSPS) is 14.5. The summed E-state index contributed by atoms with van der Waals surface area (Å²) in [6, 6.07) is 6.71. The topological polar surface area (TPSA) is 37.8 Å². The highest BCUT2D eigenvalue weighted by molar-refractivity contribution is 6.30. The van der Waals surface area contributed by atoms with Crippen LogP contribution < -0.4 is 5.32 Å². The van der Waals surface area contributed by atoms with E-state index in [-0.39, 0.29) is 5.82 Å². The maximum absolute atomic E-state index is 13.9. The Morgan fingerprint density at radius 3 is 2.79 bits per heavy atom. The molecule has 98 valence electrons. The highest BCUT2D eigenvalue weighted by atomic mass is 35.5. The first-order valence-corrected chi connectivity index (χ1v) is 6.57. The molecule has 1 fully saturated rings. The Kier molecular flexibility index (Phi) is 3.11. The Bertz CT molecular complexity index is 626. The zero-order valence-corrected chi connectivity index (χ0v) is 11.2. The van der Waals surface area contributed by atoms with Crippen LogP contribution in [0.15, 0.2) is 24.3 Å². The van der Waals surface area contributed by atoms with Gasteiger partial charge < -0.3 is 5.32 Å². The number of anilines is 1. The summed E-state index contributed by atoms with van der Waals surface area (Å²) < 4.78 is 13.9. The van der Waals surface area contributed by atoms with Gasteiger partial charge in [0.05, 0.1) is 5.69 Å². The molecule has 3 rings (SSSR count). The van der Waals surface area contributed by atoms with Gasteiger partial charge in [0.2, 0.25) is 0 Å². The fourth-order valence-electron chi connectivity index (χ4n) is 1.91. The quantitative estimate of drug-likeness (QED) is 0.927. The number of halogens is 2. The first-order valence-electron chi connectivity index (χ1n) is 6.19. The molecule has 0 aliphatic heterocycles. The molecule has 0 amide bonds. The van der Waals surface area contributed by atoms with Gasteiger partial charge in [0.25, 0.3) is 0 Å². The lowest BCUT2D eigenvalue weighted by Crippen LogP contribution is -2.05. The molecule has 0 unspecified atom stereocenters. The Morgan fingerprint density at radius 1 is 1.26 bits per heavy atom. The summed E-state index contributed by atoms with van der Waals surface area (Å²) in [5.74, 6) is 1.02. The number of benzene rings is 1. The van der Waals surface area contributed by atoms with Crippen molar-refractivity contribution in [3.05, 3.63) is 40.9 Å². The van der Waals surface area contributed by atoms with Crippen molar-refractivity contribution in [1.82, 2.24) is 9.97 Å². The SMILES string of the molecule is Cc1nc(NC2CC2)cc(-c2cc(Cl)ccc2F)n1. The zero-order valence-electron chi connectivity index (χ0n) is 10.5. The van der Waals surface area contributed by atoms with Crippen LogP contribution in [-0.4, -0.2) is 16.0 Å². The van der Waals surface area contributed by atoms with Gasteiger partial charge in [-0.2, -0.15) is 0 Å². The molecule has 1 N–H and O–H groups in total. The summed E-state index contributed by atoms with van der Waals surface area (Å²) in [7, 11) is 0. The van der Waals surface area contributed by atoms with Crippen LogP contribution >= 0.6 is 11.6 Å². The molecule has 3 nitrogen and oxygen atoms in total. The van der Waals surface area contributed by atoms with Crippen LogP contribution in [-0.2, 0) is 0 Å². The molecule has 1 aliphatic carbocycles. The van der Waals surface area contributed by atoms with Crippen LogP contribution in [0.25, 0.3) is 11.3 Å². The van der Waals surface area contributed by atoms with Gasteiger partial charge in [-0.15, -0.1) is 0 Å². The van der Waals surface area contributed by atoms with Gasteiger partial charge in [0, 0.05) is 22.7 Å². The molecule has 1 saturated carbocycles. The van der Waals surface area contributed by atoms with E-state index >= 15 is 0 Å². The van der Waals surface area contributed by atoms with Crippen molar-refractivity contribution in [3.8, 4) is 11.3 Å². The van der Waals surface area contributed by atoms with Crippen LogP contribution in [0.2, 0.25) is 5.02 Å². The van der Waals surface area contributed by atoms with Gasteiger partial charge in [0.15, 0.2) is 0 Å². The van der Waals surface area contributed by atoms with Crippen LogP contribution in [0.5, 0.6) is 0 Å². The number of aryl methyl sites for hydroxylation is 1. The molecule has 5 heteroatoms. The fourth-order valence-corrected chi connectivity index (χ4v) is 2.08. The monoisotopic (exact) mass is 277 g/mol. The third kappa shape index (κ3) is 2.84. The molecular weight excluding hydrogens is 265 g/mol. The van der Waals surface area contributed by atoms with Crippen molar-refractivity contribution in [1.29, 1.82) is 0 Å². The number of aromatic nitrogens is 2. The lowest BCUT2D eigenvalue weighted by atomic mass is 10.1. The van der Waals surface area contributed by atoms with E-state index in [1.165, 1.54) is 12.1 Å². The minimum Gasteiger partial charge on any atom is -0.367 e. The van der Waals surface area contributed by atoms with Gasteiger partial charge in [-0.3, -0.25) is 0 Å². The molecule has 1 aromatic carbocycles. The second-order valence-corrected chi connectivity index (χ2v) is 5.16. The number of hydrogen-bond donors (Lipinski definition) is 1. The van der Waals surface area contributed by atoms with E-state index in [4.69, 9.17) is 11.6 Å². The lowest BCUT2D eigenvalue weighted by molar-refractivity contribution is 0.630. The van der Waals surface area contributed by atoms with Crippen molar-refractivity contribution < 1.29 is 4.39 Å². The van der Waals surface area contributed by atoms with Crippen LogP contribution in [0.4, 0.5) is 10.2 Å². The minimum atomic E-state index is -0.333. The number of hydrogen-bond acceptors (Lipinski definition) is 3. The first kappa shape index (κ1) is 12.4. The molecule has 1 heterocycles. The van der Waals surface area contributed by atoms with Gasteiger partial charge in [-0.1, -0.05) is 11.6 Å². The average molecular weight is 278 g/mol. The molecule has 2 aromatic rings. The summed E-state index contributed by atoms with van der Waals surface area (Å²) >= 11 is 5.91. The van der Waals surface area contributed by atoms with Gasteiger partial charge in [0.1, 0.15) is 17.5 Å². The largest absolute Gasteiger partial charge is 0.367 e. The predicted molar refractivity (Wildman–Crippen MR) is 73.8 cm³/mol. The molecule has 0 saturated heterocycles. The maximum atomic E-state index is 13.9. The van der Waals surface area contributed by atoms with E-state index in [0.717, 1.165) is 18.7 Å². The van der Waals surface area contributed by atoms with Crippen molar-refractivity contribution >= 4 is 17.4 Å². The summed E-state index contributed by atoms with van der Waals surface area (Å²) in [6.07, 6.45) is 2.31. The lowest BCUT2D eigenvalue weighted by Gasteiger charge is -2.08. The van der Waals surface area contributed by atoms with Crippen molar-refractivity contribution in [2.45, 2.75) is 25.8 Å². The fraction of sp³-hybridized carbons (Fsp3) is 0.286. The molecule has 0 atom stereocenters. The summed E-state index contributed by atoms with van der Waals surface area (Å²) in [5, 5.41) is 3.78. The highest BCUT2D eigenvalue weighted by Crippen LogP contribution is 2.28. The zero-order chi connectivity index (χ0) is 13.4. The molecule has 1 aliphatic rings. The minimum absolute atomic E-state index is 0.333. The third-order valence-corrected chi connectivity index (χ3v) is 3.21. The standard InChI is InChI=1S/C14H13ClFN3/c1-8-17-13(7-14(18-8)19-10-3-4-10)11-6-9(15)2-5-12(11)16/h2,5-7,10H,3-4H2,1H3,(H,17,18,19). The number of nitrogens with one attached hydrogen (secondary N) is 1. The smallest absolute Gasteiger partial charge is 0.132 e. The van der Waals surface area contributed by atoms with Crippen molar-refractivity contribution in [3.63, 3.8) is 0 Å². The van der Waals surface area contributed by atoms with Crippen molar-refractivity contribution in [2.24, 2.45) is 0 Å². The van der Waals surface area contributed by atoms with Crippen LogP contribution in [0.1, 0.15) is 18.7 Å². The van der Waals surface area contributed by atoms with E-state index in [2.05, 4.69) is 15.3 Å². The first-order chi connectivity index (χ1) is 9.11. The molecular formula is C14H13ClFN3. The molecule has 0 spiro atoms. The Morgan fingerprint density at radius 2 is 2.05 bits per heavy atom. The van der Waals surface area contributed by atoms with E-state index in [9.17, 15) is 4.39 Å². The Hall–Kier alpha value is -1.68. The Balaban J connectivity index is 2.02. The van der Waals surface area contributed by atoms with Crippen LogP contribution in [0.3, 0.4) is 0 Å². The molecule has 0 bridgehead atoms. The van der Waals surface area contributed by atoms with E-state index < -0.39 is 0 Å². The highest BCUT2D eigenvalue weighted by Gasteiger charge is 2.22. The summed E-state index contributed by atoms with van der Waals surface area (Å²) in [4.78, 5) is 8.60. The van der Waals surface area contributed by atoms with Gasteiger partial charge >= 0.3 is 0 Å². The van der Waals surface area contributed by atoms with E-state index in [1.807, 2.05) is 0 Å². The number of nitrogens with zero attached hydrogens (tertiary/aromatic N) is 2. The molecule has 19 heavy (non-hydrogen) atoms. The summed E-state index contributed by atoms with van der Waals surface area (Å²) in [5.41, 5.74) is 0.951. The average Bonchev–Trinajstić information content (AvgIpc) is 3.15. The van der Waals surface area contributed by atoms with Crippen molar-refractivity contribution in [2.75, 3.05) is 5.32 Å². The third-order valence-electron chi connectivity index (χ3n) is 2.97. The van der Waals surface area contributed by atoms with E-state index in [1.54, 1.807) is 19.1 Å². The predicted octanol–water partition coefficient (Wildman–Crippen LogP) is 3.82. The van der Waals surface area contributed by atoms with Gasteiger partial charge in [-0.05, 0) is 38.0 Å². The second kappa shape index (κ2) is 4.78. The molecule has 0 radical (unpaired) electrons. The van der Waals surface area contributed by atoms with Crippen LogP contribution in [0, 0.1) is 12.7 Å². The van der Waals surface area contributed by atoms with E-state index in [0.29, 0.717) is 28.1 Å². The number of rotatable bonds is 3. The Labute approximate surface area is 115 Å². The molecule has 1 aromatic heterocycles. The summed E-state index contributed by atoms with van der Waals surface area (Å²) in [6.45, 7) is 1.80.